The van der Waals surface area contributed by atoms with Gasteiger partial charge in [-0.2, -0.15) is 4.99 Å². The maximum atomic E-state index is 13.7. The molecule has 2 aliphatic heterocycles. The topological polar surface area (TPSA) is 98.6 Å². The van der Waals surface area contributed by atoms with E-state index in [1.54, 1.807) is 19.9 Å². The number of hydrogen-bond acceptors (Lipinski definition) is 6. The van der Waals surface area contributed by atoms with Gasteiger partial charge in [0.25, 0.3) is 5.91 Å². The molecule has 27 heavy (non-hydrogen) atoms. The fraction of sp³-hybridized carbons (Fsp3) is 0.389. The van der Waals surface area contributed by atoms with E-state index in [4.69, 9.17) is 4.74 Å². The molecule has 0 aliphatic carbocycles. The third-order valence-corrected chi connectivity index (χ3v) is 4.98. The van der Waals surface area contributed by atoms with E-state index in [1.807, 2.05) is 5.01 Å². The molecule has 0 bridgehead atoms. The lowest BCUT2D eigenvalue weighted by atomic mass is 10.1. The summed E-state index contributed by atoms with van der Waals surface area (Å²) in [6, 6.07) is 3.83. The standard InChI is InChI=1S/C18H21FN4O3S/c1-18(2,20)16(25)26-13-10-12(19)6-5-11(13)9-14-15(24)22-17(27-14)23-8-4-3-7-21-23/h5-6,9-10,21H,3-4,7-8,20H2,1-2H3/p+1/b14-9+. The number of esters is 1. The Balaban J connectivity index is 1.82. The minimum atomic E-state index is -0.981. The highest BCUT2D eigenvalue weighted by molar-refractivity contribution is 8.18. The van der Waals surface area contributed by atoms with Gasteiger partial charge in [-0.05, 0) is 42.8 Å². The number of rotatable bonds is 3. The zero-order valence-electron chi connectivity index (χ0n) is 15.3. The summed E-state index contributed by atoms with van der Waals surface area (Å²) in [6.07, 6.45) is 3.67. The first kappa shape index (κ1) is 19.5. The van der Waals surface area contributed by atoms with E-state index in [0.29, 0.717) is 15.6 Å². The van der Waals surface area contributed by atoms with Gasteiger partial charge in [0.2, 0.25) is 0 Å². The second-order valence-corrected chi connectivity index (χ2v) is 8.04. The molecule has 4 N–H and O–H groups in total. The predicted octanol–water partition coefficient (Wildman–Crippen LogP) is 1.32. The van der Waals surface area contributed by atoms with Crippen LogP contribution >= 0.6 is 11.8 Å². The molecule has 1 aromatic rings. The maximum Gasteiger partial charge on any atom is 0.372 e. The second kappa shape index (κ2) is 7.79. The summed E-state index contributed by atoms with van der Waals surface area (Å²) in [7, 11) is 0. The summed E-state index contributed by atoms with van der Waals surface area (Å²) < 4.78 is 19.0. The number of benzene rings is 1. The normalized spacial score (nSPS) is 19.4. The monoisotopic (exact) mass is 393 g/mol. The van der Waals surface area contributed by atoms with Crippen LogP contribution in [0.3, 0.4) is 0 Å². The lowest BCUT2D eigenvalue weighted by Crippen LogP contribution is -2.74. The van der Waals surface area contributed by atoms with Crippen molar-refractivity contribution >= 4 is 34.9 Å². The Hall–Kier alpha value is -2.23. The van der Waals surface area contributed by atoms with Gasteiger partial charge in [-0.15, -0.1) is 0 Å². The van der Waals surface area contributed by atoms with Crippen molar-refractivity contribution < 1.29 is 24.5 Å². The average Bonchev–Trinajstić information content (AvgIpc) is 2.98. The maximum absolute atomic E-state index is 13.7. The molecule has 1 amide bonds. The minimum absolute atomic E-state index is 0.0437. The number of nitrogens with zero attached hydrogens (tertiary/aromatic N) is 2. The second-order valence-electron chi connectivity index (χ2n) is 7.03. The number of carbonyl (C=O) groups excluding carboxylic acids is 2. The van der Waals surface area contributed by atoms with Crippen LogP contribution in [0.5, 0.6) is 5.75 Å². The number of hydrazine groups is 1. The molecule has 1 fully saturated rings. The molecular formula is C18H22FN4O3S+. The fourth-order valence-corrected chi connectivity index (χ4v) is 3.37. The molecule has 144 valence electrons. The van der Waals surface area contributed by atoms with E-state index in [-0.39, 0.29) is 11.7 Å². The van der Waals surface area contributed by atoms with E-state index in [2.05, 4.69) is 16.2 Å². The number of hydrogen-bond donors (Lipinski definition) is 2. The smallest absolute Gasteiger partial charge is 0.372 e. The van der Waals surface area contributed by atoms with Gasteiger partial charge in [0, 0.05) is 38.6 Å². The summed E-state index contributed by atoms with van der Waals surface area (Å²) >= 11 is 1.24. The average molecular weight is 393 g/mol. The van der Waals surface area contributed by atoms with Crippen LogP contribution in [0.4, 0.5) is 4.39 Å². The van der Waals surface area contributed by atoms with Gasteiger partial charge in [-0.3, -0.25) is 9.80 Å². The molecule has 0 atom stereocenters. The first-order valence-corrected chi connectivity index (χ1v) is 9.46. The van der Waals surface area contributed by atoms with Gasteiger partial charge in [0.05, 0.1) is 4.91 Å². The summed E-state index contributed by atoms with van der Waals surface area (Å²) in [6.45, 7) is 4.83. The van der Waals surface area contributed by atoms with Crippen LogP contribution in [0, 0.1) is 5.82 Å². The highest BCUT2D eigenvalue weighted by Gasteiger charge is 2.30. The highest BCUT2D eigenvalue weighted by atomic mass is 32.2. The molecule has 1 aromatic carbocycles. The van der Waals surface area contributed by atoms with Gasteiger partial charge in [0.1, 0.15) is 11.6 Å². The van der Waals surface area contributed by atoms with Crippen LogP contribution in [0.15, 0.2) is 28.1 Å². The van der Waals surface area contributed by atoms with E-state index >= 15 is 0 Å². The van der Waals surface area contributed by atoms with Crippen molar-refractivity contribution in [1.82, 2.24) is 10.4 Å². The lowest BCUT2D eigenvalue weighted by molar-refractivity contribution is -0.449. The summed E-state index contributed by atoms with van der Waals surface area (Å²) in [5, 5.41) is 2.45. The molecular weight excluding hydrogens is 371 g/mol. The first-order chi connectivity index (χ1) is 12.7. The quantitative estimate of drug-likeness (QED) is 0.457. The number of thioether (sulfide) groups is 1. The van der Waals surface area contributed by atoms with Crippen LogP contribution in [0.2, 0.25) is 0 Å². The van der Waals surface area contributed by atoms with Gasteiger partial charge < -0.3 is 10.5 Å². The van der Waals surface area contributed by atoms with Crippen molar-refractivity contribution in [3.8, 4) is 5.75 Å². The van der Waals surface area contributed by atoms with Crippen LogP contribution in [-0.2, 0) is 9.59 Å². The van der Waals surface area contributed by atoms with Crippen molar-refractivity contribution in [2.45, 2.75) is 32.2 Å². The Labute approximate surface area is 160 Å². The van der Waals surface area contributed by atoms with Gasteiger partial charge in [0.15, 0.2) is 10.7 Å². The van der Waals surface area contributed by atoms with Crippen molar-refractivity contribution in [3.05, 3.63) is 34.5 Å². The molecule has 0 saturated carbocycles. The Kier molecular flexibility index (Phi) is 5.64. The summed E-state index contributed by atoms with van der Waals surface area (Å²) in [5.41, 5.74) is 6.37. The van der Waals surface area contributed by atoms with Crippen LogP contribution in [0.1, 0.15) is 32.3 Å². The van der Waals surface area contributed by atoms with Crippen LogP contribution in [-0.4, -0.2) is 40.7 Å². The molecule has 9 heteroatoms. The van der Waals surface area contributed by atoms with Crippen molar-refractivity contribution in [2.24, 2.45) is 4.99 Å². The van der Waals surface area contributed by atoms with E-state index < -0.39 is 17.3 Å². The Bertz CT molecular complexity index is 826. The van der Waals surface area contributed by atoms with Crippen LogP contribution in [0.25, 0.3) is 6.08 Å². The Morgan fingerprint density at radius 2 is 2.22 bits per heavy atom. The predicted molar refractivity (Wildman–Crippen MR) is 101 cm³/mol. The van der Waals surface area contributed by atoms with Gasteiger partial charge in [-0.25, -0.2) is 14.6 Å². The lowest BCUT2D eigenvalue weighted by Gasteiger charge is -2.28. The number of halogens is 1. The minimum Gasteiger partial charge on any atom is -0.421 e. The van der Waals surface area contributed by atoms with E-state index in [9.17, 15) is 14.0 Å². The molecule has 0 radical (unpaired) electrons. The number of aliphatic imine (C=N–C) groups is 1. The van der Waals surface area contributed by atoms with E-state index in [1.165, 1.54) is 23.9 Å². The zero-order chi connectivity index (χ0) is 19.6. The summed E-state index contributed by atoms with van der Waals surface area (Å²) in [5.74, 6) is -1.46. The van der Waals surface area contributed by atoms with Crippen LogP contribution < -0.4 is 15.9 Å². The largest absolute Gasteiger partial charge is 0.421 e. The molecule has 1 saturated heterocycles. The van der Waals surface area contributed by atoms with Crippen molar-refractivity contribution in [2.75, 3.05) is 13.1 Å². The number of amidine groups is 1. The molecule has 0 spiro atoms. The third kappa shape index (κ3) is 4.74. The van der Waals surface area contributed by atoms with Crippen molar-refractivity contribution in [3.63, 3.8) is 0 Å². The molecule has 0 aromatic heterocycles. The third-order valence-electron chi connectivity index (χ3n) is 3.97. The van der Waals surface area contributed by atoms with E-state index in [0.717, 1.165) is 32.0 Å². The van der Waals surface area contributed by atoms with Gasteiger partial charge >= 0.3 is 5.97 Å². The number of ether oxygens (including phenoxy) is 1. The number of quaternary nitrogens is 1. The summed E-state index contributed by atoms with van der Waals surface area (Å²) in [4.78, 5) is 28.9. The Morgan fingerprint density at radius 1 is 1.44 bits per heavy atom. The first-order valence-electron chi connectivity index (χ1n) is 8.65. The van der Waals surface area contributed by atoms with Gasteiger partial charge in [-0.1, -0.05) is 0 Å². The Morgan fingerprint density at radius 3 is 2.89 bits per heavy atom. The zero-order valence-corrected chi connectivity index (χ0v) is 16.1. The molecule has 0 unspecified atom stereocenters. The molecule has 2 aliphatic rings. The fourth-order valence-electron chi connectivity index (χ4n) is 2.46. The highest BCUT2D eigenvalue weighted by Crippen LogP contribution is 2.33. The molecule has 3 rings (SSSR count). The molecule has 2 heterocycles. The number of nitrogens with one attached hydrogen (secondary N) is 1. The number of carbonyl (C=O) groups is 2. The van der Waals surface area contributed by atoms with Crippen molar-refractivity contribution in [1.29, 1.82) is 0 Å². The molecule has 7 nitrogen and oxygen atoms in total. The number of amides is 1. The SMILES string of the molecule is CC(C)([NH3+])C(=O)Oc1cc(F)ccc1/C=C1/SC(N2CCCCN2)=NC1=O.